The fourth-order valence-corrected chi connectivity index (χ4v) is 3.65. The predicted molar refractivity (Wildman–Crippen MR) is 90.9 cm³/mol. The van der Waals surface area contributed by atoms with Crippen LogP contribution in [0.2, 0.25) is 0 Å². The first-order chi connectivity index (χ1) is 11.2. The summed E-state index contributed by atoms with van der Waals surface area (Å²) < 4.78 is 1.98. The molecule has 2 aliphatic heterocycles. The van der Waals surface area contributed by atoms with Crippen molar-refractivity contribution in [1.29, 1.82) is 0 Å². The minimum Gasteiger partial charge on any atom is -0.355 e. The fourth-order valence-electron chi connectivity index (χ4n) is 3.65. The Morgan fingerprint density at radius 2 is 1.87 bits per heavy atom. The Morgan fingerprint density at radius 3 is 2.52 bits per heavy atom. The molecule has 0 aliphatic carbocycles. The van der Waals surface area contributed by atoms with Gasteiger partial charge in [-0.25, -0.2) is 0 Å². The number of aromatic nitrogens is 4. The summed E-state index contributed by atoms with van der Waals surface area (Å²) in [6, 6.07) is 4.11. The molecular formula is C17H26N6. The second kappa shape index (κ2) is 6.07. The van der Waals surface area contributed by atoms with Crippen LogP contribution in [0.5, 0.6) is 0 Å². The SMILES string of the molecule is CC(C)CN1CCC(c2nnc3ccc(N4CCC4)nn23)CC1. The molecule has 0 unspecified atom stereocenters. The number of anilines is 1. The zero-order valence-electron chi connectivity index (χ0n) is 14.1. The van der Waals surface area contributed by atoms with E-state index in [1.165, 1.54) is 13.0 Å². The average molecular weight is 314 g/mol. The summed E-state index contributed by atoms with van der Waals surface area (Å²) in [5.74, 6) is 3.32. The number of nitrogens with zero attached hydrogens (tertiary/aromatic N) is 6. The lowest BCUT2D eigenvalue weighted by molar-refractivity contribution is 0.189. The van der Waals surface area contributed by atoms with Crippen LogP contribution in [-0.4, -0.2) is 57.4 Å². The first kappa shape index (κ1) is 14.9. The predicted octanol–water partition coefficient (Wildman–Crippen LogP) is 2.17. The van der Waals surface area contributed by atoms with Crippen LogP contribution in [0.25, 0.3) is 5.65 Å². The van der Waals surface area contributed by atoms with Gasteiger partial charge >= 0.3 is 0 Å². The van der Waals surface area contributed by atoms with E-state index in [1.54, 1.807) is 0 Å². The summed E-state index contributed by atoms with van der Waals surface area (Å²) in [4.78, 5) is 4.89. The van der Waals surface area contributed by atoms with Crippen molar-refractivity contribution in [2.24, 2.45) is 5.92 Å². The molecule has 0 spiro atoms. The van der Waals surface area contributed by atoms with Crippen molar-refractivity contribution in [3.05, 3.63) is 18.0 Å². The van der Waals surface area contributed by atoms with Gasteiger partial charge in [-0.2, -0.15) is 4.52 Å². The molecule has 124 valence electrons. The van der Waals surface area contributed by atoms with Crippen LogP contribution < -0.4 is 4.90 Å². The number of fused-ring (bicyclic) bond motifs is 1. The monoisotopic (exact) mass is 314 g/mol. The highest BCUT2D eigenvalue weighted by molar-refractivity contribution is 5.47. The van der Waals surface area contributed by atoms with E-state index < -0.39 is 0 Å². The van der Waals surface area contributed by atoms with Crippen molar-refractivity contribution in [3.63, 3.8) is 0 Å². The van der Waals surface area contributed by atoms with Gasteiger partial charge < -0.3 is 9.80 Å². The van der Waals surface area contributed by atoms with E-state index in [0.29, 0.717) is 5.92 Å². The van der Waals surface area contributed by atoms with Gasteiger partial charge in [0.25, 0.3) is 0 Å². The Bertz CT molecular complexity index is 667. The van der Waals surface area contributed by atoms with E-state index in [0.717, 1.165) is 62.2 Å². The van der Waals surface area contributed by atoms with Crippen molar-refractivity contribution < 1.29 is 0 Å². The zero-order valence-corrected chi connectivity index (χ0v) is 14.1. The van der Waals surface area contributed by atoms with E-state index in [2.05, 4.69) is 39.9 Å². The molecule has 0 saturated carbocycles. The van der Waals surface area contributed by atoms with Gasteiger partial charge in [0, 0.05) is 25.6 Å². The molecule has 2 aliphatic rings. The lowest BCUT2D eigenvalue weighted by Gasteiger charge is -2.33. The standard InChI is InChI=1S/C17H26N6/c1-13(2)12-21-10-6-14(7-11-21)17-19-18-15-4-5-16(20-23(15)17)22-8-3-9-22/h4-5,13-14H,3,6-12H2,1-2H3. The molecule has 2 aromatic heterocycles. The smallest absolute Gasteiger partial charge is 0.178 e. The first-order valence-electron chi connectivity index (χ1n) is 8.90. The topological polar surface area (TPSA) is 49.6 Å². The number of hydrogen-bond donors (Lipinski definition) is 0. The van der Waals surface area contributed by atoms with Crippen LogP contribution in [0, 0.1) is 5.92 Å². The minimum atomic E-state index is 0.479. The molecule has 4 rings (SSSR count). The normalized spacial score (nSPS) is 20.4. The van der Waals surface area contributed by atoms with Gasteiger partial charge in [-0.15, -0.1) is 15.3 Å². The molecule has 6 nitrogen and oxygen atoms in total. The maximum absolute atomic E-state index is 4.80. The molecule has 2 aromatic rings. The minimum absolute atomic E-state index is 0.479. The molecule has 2 fully saturated rings. The lowest BCUT2D eigenvalue weighted by atomic mass is 9.95. The fraction of sp³-hybridized carbons (Fsp3) is 0.706. The van der Waals surface area contributed by atoms with Crippen molar-refractivity contribution in [2.45, 2.75) is 39.0 Å². The summed E-state index contributed by atoms with van der Waals surface area (Å²) in [6.07, 6.45) is 3.58. The third-order valence-electron chi connectivity index (χ3n) is 5.03. The summed E-state index contributed by atoms with van der Waals surface area (Å²) in [7, 11) is 0. The van der Waals surface area contributed by atoms with Crippen molar-refractivity contribution in [1.82, 2.24) is 24.7 Å². The van der Waals surface area contributed by atoms with Crippen molar-refractivity contribution >= 4 is 11.5 Å². The highest BCUT2D eigenvalue weighted by atomic mass is 15.4. The van der Waals surface area contributed by atoms with Gasteiger partial charge in [0.1, 0.15) is 5.82 Å². The molecule has 6 heteroatoms. The maximum atomic E-state index is 4.80. The Balaban J connectivity index is 1.52. The van der Waals surface area contributed by atoms with Crippen LogP contribution in [0.1, 0.15) is 44.9 Å². The van der Waals surface area contributed by atoms with Crippen LogP contribution in [-0.2, 0) is 0 Å². The summed E-state index contributed by atoms with van der Waals surface area (Å²) in [6.45, 7) is 10.3. The van der Waals surface area contributed by atoms with E-state index in [-0.39, 0.29) is 0 Å². The lowest BCUT2D eigenvalue weighted by Crippen LogP contribution is -2.38. The molecule has 0 atom stereocenters. The molecule has 0 bridgehead atoms. The van der Waals surface area contributed by atoms with Gasteiger partial charge in [-0.3, -0.25) is 0 Å². The van der Waals surface area contributed by atoms with Gasteiger partial charge in [0.15, 0.2) is 11.5 Å². The largest absolute Gasteiger partial charge is 0.355 e. The highest BCUT2D eigenvalue weighted by Gasteiger charge is 2.26. The Hall–Kier alpha value is -1.69. The first-order valence-corrected chi connectivity index (χ1v) is 8.90. The second-order valence-electron chi connectivity index (χ2n) is 7.33. The summed E-state index contributed by atoms with van der Waals surface area (Å²) in [5.41, 5.74) is 0.869. The quantitative estimate of drug-likeness (QED) is 0.865. The van der Waals surface area contributed by atoms with Crippen LogP contribution >= 0.6 is 0 Å². The summed E-state index contributed by atoms with van der Waals surface area (Å²) >= 11 is 0. The molecule has 0 N–H and O–H groups in total. The number of likely N-dealkylation sites (tertiary alicyclic amines) is 1. The highest BCUT2D eigenvalue weighted by Crippen LogP contribution is 2.28. The van der Waals surface area contributed by atoms with Gasteiger partial charge in [0.2, 0.25) is 0 Å². The Kier molecular flexibility index (Phi) is 3.93. The van der Waals surface area contributed by atoms with Crippen molar-refractivity contribution in [2.75, 3.05) is 37.6 Å². The Morgan fingerprint density at radius 1 is 1.09 bits per heavy atom. The van der Waals surface area contributed by atoms with Crippen LogP contribution in [0.15, 0.2) is 12.1 Å². The molecule has 0 aromatic carbocycles. The molecule has 0 amide bonds. The van der Waals surface area contributed by atoms with Gasteiger partial charge in [0.05, 0.1) is 0 Å². The number of piperidine rings is 1. The molecular weight excluding hydrogens is 288 g/mol. The molecule has 23 heavy (non-hydrogen) atoms. The number of rotatable bonds is 4. The Labute approximate surface area is 137 Å². The molecule has 4 heterocycles. The van der Waals surface area contributed by atoms with E-state index in [4.69, 9.17) is 5.10 Å². The zero-order chi connectivity index (χ0) is 15.8. The number of hydrogen-bond acceptors (Lipinski definition) is 5. The van der Waals surface area contributed by atoms with Crippen LogP contribution in [0.3, 0.4) is 0 Å². The van der Waals surface area contributed by atoms with E-state index in [9.17, 15) is 0 Å². The second-order valence-corrected chi connectivity index (χ2v) is 7.33. The molecule has 2 saturated heterocycles. The molecule has 0 radical (unpaired) electrons. The van der Waals surface area contributed by atoms with E-state index in [1.807, 2.05) is 10.6 Å². The third-order valence-corrected chi connectivity index (χ3v) is 5.03. The third kappa shape index (κ3) is 2.92. The maximum Gasteiger partial charge on any atom is 0.178 e. The van der Waals surface area contributed by atoms with Gasteiger partial charge in [-0.05, 0) is 50.4 Å². The van der Waals surface area contributed by atoms with E-state index >= 15 is 0 Å². The average Bonchev–Trinajstić information content (AvgIpc) is 2.89. The van der Waals surface area contributed by atoms with Crippen LogP contribution in [0.4, 0.5) is 5.82 Å². The summed E-state index contributed by atoms with van der Waals surface area (Å²) in [5, 5.41) is 13.6. The van der Waals surface area contributed by atoms with Gasteiger partial charge in [-0.1, -0.05) is 13.8 Å². The van der Waals surface area contributed by atoms with Crippen molar-refractivity contribution in [3.8, 4) is 0 Å².